The normalized spacial score (nSPS) is 12.4. The van der Waals surface area contributed by atoms with Crippen LogP contribution in [0, 0.1) is 13.8 Å². The minimum absolute atomic E-state index is 0.0927. The van der Waals surface area contributed by atoms with Gasteiger partial charge in [-0.15, -0.1) is 0 Å². The van der Waals surface area contributed by atoms with Crippen molar-refractivity contribution in [2.75, 3.05) is 50.5 Å². The highest BCUT2D eigenvalue weighted by atomic mass is 35.5. The molecule has 12 heteroatoms. The Bertz CT molecular complexity index is 1180. The summed E-state index contributed by atoms with van der Waals surface area (Å²) >= 11 is 12.3. The van der Waals surface area contributed by atoms with E-state index in [1.165, 1.54) is 4.90 Å². The quantitative estimate of drug-likeness (QED) is 0.141. The molecule has 2 atom stereocenters. The molecule has 0 radical (unpaired) electrons. The van der Waals surface area contributed by atoms with Gasteiger partial charge in [0.2, 0.25) is 0 Å². The molecule has 2 unspecified atom stereocenters. The van der Waals surface area contributed by atoms with E-state index in [0.717, 1.165) is 41.9 Å². The maximum absolute atomic E-state index is 13.2. The average molecular weight is 627 g/mol. The van der Waals surface area contributed by atoms with E-state index in [9.17, 15) is 19.5 Å². The Kier molecular flexibility index (Phi) is 15.5. The number of carboxylic acid groups (broad SMARTS) is 2. The Morgan fingerprint density at radius 3 is 1.86 bits per heavy atom. The minimum atomic E-state index is -1.76. The Labute approximate surface area is 257 Å². The lowest BCUT2D eigenvalue weighted by atomic mass is 10.1. The molecule has 0 aliphatic carbocycles. The Morgan fingerprint density at radius 2 is 1.36 bits per heavy atom. The highest BCUT2D eigenvalue weighted by molar-refractivity contribution is 6.31. The van der Waals surface area contributed by atoms with Gasteiger partial charge in [-0.1, -0.05) is 35.3 Å². The SMILES string of the molecule is Cc1ccc(NCCCCCN(C)C(=O)C(OCCCCNc2ccc(C)c(Cl)c2)C(OCC(=O)O)C(=O)O)cc1Cl. The fraction of sp³-hybridized carbons (Fsp3) is 0.500. The second kappa shape index (κ2) is 18.5. The van der Waals surface area contributed by atoms with Gasteiger partial charge in [0, 0.05) is 54.7 Å². The van der Waals surface area contributed by atoms with Gasteiger partial charge in [0.15, 0.2) is 12.2 Å². The summed E-state index contributed by atoms with van der Waals surface area (Å²) in [6, 6.07) is 11.5. The third kappa shape index (κ3) is 12.4. The van der Waals surface area contributed by atoms with Crippen LogP contribution in [0.2, 0.25) is 10.0 Å². The summed E-state index contributed by atoms with van der Waals surface area (Å²) in [4.78, 5) is 37.5. The molecular weight excluding hydrogens is 585 g/mol. The molecule has 0 heterocycles. The molecule has 0 fully saturated rings. The topological polar surface area (TPSA) is 137 Å². The first-order chi connectivity index (χ1) is 20.0. The molecule has 0 aromatic heterocycles. The van der Waals surface area contributed by atoms with Crippen LogP contribution in [-0.4, -0.2) is 85.1 Å². The largest absolute Gasteiger partial charge is 0.480 e. The summed E-state index contributed by atoms with van der Waals surface area (Å²) in [5, 5.41) is 26.6. The van der Waals surface area contributed by atoms with Crippen LogP contribution in [0.3, 0.4) is 0 Å². The van der Waals surface area contributed by atoms with E-state index >= 15 is 0 Å². The molecule has 232 valence electrons. The standard InChI is InChI=1S/C30H41Cl2N3O7/c1-20-9-11-22(17-24(20)31)33-13-5-4-7-15-35(3)29(38)27(28(30(39)40)42-19-26(36)37)41-16-8-6-14-34-23-12-10-21(2)25(32)18-23/h9-12,17-18,27-28,33-34H,4-8,13-16,19H2,1-3H3,(H,36,37)(H,39,40). The van der Waals surface area contributed by atoms with Gasteiger partial charge in [-0.3, -0.25) is 4.79 Å². The van der Waals surface area contributed by atoms with Crippen LogP contribution in [0.1, 0.15) is 43.2 Å². The van der Waals surface area contributed by atoms with Crippen LogP contribution in [0.25, 0.3) is 0 Å². The van der Waals surface area contributed by atoms with E-state index in [2.05, 4.69) is 10.6 Å². The number of aryl methyl sites for hydroxylation is 2. The lowest BCUT2D eigenvalue weighted by molar-refractivity contribution is -0.175. The number of ether oxygens (including phenoxy) is 2. The first kappa shape index (κ1) is 35.1. The van der Waals surface area contributed by atoms with Crippen molar-refractivity contribution in [3.05, 3.63) is 57.6 Å². The van der Waals surface area contributed by atoms with Crippen molar-refractivity contribution in [2.24, 2.45) is 0 Å². The molecule has 2 aromatic carbocycles. The van der Waals surface area contributed by atoms with E-state index in [4.69, 9.17) is 37.8 Å². The Balaban J connectivity index is 1.83. The zero-order valence-electron chi connectivity index (χ0n) is 24.3. The van der Waals surface area contributed by atoms with Crippen molar-refractivity contribution in [3.8, 4) is 0 Å². The number of nitrogens with zero attached hydrogens (tertiary/aromatic N) is 1. The number of anilines is 2. The molecule has 0 spiro atoms. The molecule has 0 bridgehead atoms. The van der Waals surface area contributed by atoms with Gasteiger partial charge in [0.1, 0.15) is 6.61 Å². The molecule has 0 saturated heterocycles. The number of amides is 1. The molecule has 2 aromatic rings. The lowest BCUT2D eigenvalue weighted by Gasteiger charge is -2.27. The van der Waals surface area contributed by atoms with Crippen LogP contribution in [0.4, 0.5) is 11.4 Å². The number of nitrogens with one attached hydrogen (secondary N) is 2. The number of hydrogen-bond acceptors (Lipinski definition) is 7. The Hall–Kier alpha value is -3.05. The zero-order valence-corrected chi connectivity index (χ0v) is 25.8. The predicted molar refractivity (Wildman–Crippen MR) is 165 cm³/mol. The molecule has 4 N–H and O–H groups in total. The second-order valence-electron chi connectivity index (χ2n) is 10.1. The maximum Gasteiger partial charge on any atom is 0.336 e. The summed E-state index contributed by atoms with van der Waals surface area (Å²) in [5.41, 5.74) is 3.81. The highest BCUT2D eigenvalue weighted by Gasteiger charge is 2.37. The fourth-order valence-electron chi connectivity index (χ4n) is 4.02. The number of hydrogen-bond donors (Lipinski definition) is 4. The number of halogens is 2. The smallest absolute Gasteiger partial charge is 0.336 e. The van der Waals surface area contributed by atoms with Crippen molar-refractivity contribution in [1.29, 1.82) is 0 Å². The summed E-state index contributed by atoms with van der Waals surface area (Å²) in [6.45, 7) is 4.82. The van der Waals surface area contributed by atoms with Crippen molar-refractivity contribution in [2.45, 2.75) is 58.2 Å². The minimum Gasteiger partial charge on any atom is -0.480 e. The van der Waals surface area contributed by atoms with Crippen molar-refractivity contribution >= 4 is 52.4 Å². The molecule has 1 amide bonds. The number of likely N-dealkylation sites (N-methyl/N-ethyl adjacent to an activating group) is 1. The summed E-state index contributed by atoms with van der Waals surface area (Å²) in [5.74, 6) is -3.39. The number of carbonyl (C=O) groups is 3. The summed E-state index contributed by atoms with van der Waals surface area (Å²) < 4.78 is 10.8. The fourth-order valence-corrected chi connectivity index (χ4v) is 4.39. The highest BCUT2D eigenvalue weighted by Crippen LogP contribution is 2.21. The molecule has 42 heavy (non-hydrogen) atoms. The first-order valence-corrected chi connectivity index (χ1v) is 14.7. The third-order valence-electron chi connectivity index (χ3n) is 6.57. The van der Waals surface area contributed by atoms with Gasteiger partial charge in [0.05, 0.1) is 0 Å². The molecular formula is C30H41Cl2N3O7. The summed E-state index contributed by atoms with van der Waals surface area (Å²) in [6.07, 6.45) is 0.345. The van der Waals surface area contributed by atoms with Crippen LogP contribution in [0.15, 0.2) is 36.4 Å². The number of carbonyl (C=O) groups excluding carboxylic acids is 1. The molecule has 0 aliphatic rings. The van der Waals surface area contributed by atoms with Crippen LogP contribution < -0.4 is 10.6 Å². The number of unbranched alkanes of at least 4 members (excludes halogenated alkanes) is 3. The molecule has 0 saturated carbocycles. The summed E-state index contributed by atoms with van der Waals surface area (Å²) in [7, 11) is 1.57. The molecule has 2 rings (SSSR count). The number of benzene rings is 2. The van der Waals surface area contributed by atoms with Gasteiger partial charge in [-0.25, -0.2) is 9.59 Å². The number of rotatable bonds is 20. The van der Waals surface area contributed by atoms with E-state index in [1.54, 1.807) is 7.05 Å². The number of aliphatic carboxylic acids is 2. The second-order valence-corrected chi connectivity index (χ2v) is 10.9. The van der Waals surface area contributed by atoms with Crippen LogP contribution in [0.5, 0.6) is 0 Å². The van der Waals surface area contributed by atoms with Crippen molar-refractivity contribution in [1.82, 2.24) is 4.90 Å². The monoisotopic (exact) mass is 625 g/mol. The first-order valence-electron chi connectivity index (χ1n) is 13.9. The third-order valence-corrected chi connectivity index (χ3v) is 7.38. The van der Waals surface area contributed by atoms with Gasteiger partial charge < -0.3 is 35.2 Å². The van der Waals surface area contributed by atoms with Gasteiger partial charge >= 0.3 is 11.9 Å². The van der Waals surface area contributed by atoms with Crippen molar-refractivity contribution in [3.63, 3.8) is 0 Å². The van der Waals surface area contributed by atoms with Gasteiger partial charge in [-0.2, -0.15) is 0 Å². The number of carboxylic acids is 2. The molecule has 10 nitrogen and oxygen atoms in total. The van der Waals surface area contributed by atoms with E-state index in [0.29, 0.717) is 42.4 Å². The van der Waals surface area contributed by atoms with Crippen molar-refractivity contribution < 1.29 is 34.1 Å². The van der Waals surface area contributed by atoms with E-state index < -0.39 is 36.7 Å². The maximum atomic E-state index is 13.2. The van der Waals surface area contributed by atoms with Gasteiger partial charge in [-0.05, 0) is 81.3 Å². The average Bonchev–Trinajstić information content (AvgIpc) is 2.94. The zero-order chi connectivity index (χ0) is 31.1. The Morgan fingerprint density at radius 1 is 0.810 bits per heavy atom. The lowest BCUT2D eigenvalue weighted by Crippen LogP contribution is -2.50. The van der Waals surface area contributed by atoms with Crippen LogP contribution >= 0.6 is 23.2 Å². The van der Waals surface area contributed by atoms with Gasteiger partial charge in [0.25, 0.3) is 5.91 Å². The predicted octanol–water partition coefficient (Wildman–Crippen LogP) is 5.48. The van der Waals surface area contributed by atoms with E-state index in [-0.39, 0.29) is 6.61 Å². The molecule has 0 aliphatic heterocycles. The van der Waals surface area contributed by atoms with E-state index in [1.807, 2.05) is 50.2 Å². The van der Waals surface area contributed by atoms with Crippen LogP contribution in [-0.2, 0) is 23.9 Å².